The standard InChI is InChI=1S/C23H24O4/c1-14-9-11-16(12-10-14)19(13-20(24)25)21-15(2)22(26-3)17-7-5-6-8-18(17)23(21)27-4/h5-12,19H,13H2,1-4H3,(H,24,25)/t19-/m0/s1. The highest BCUT2D eigenvalue weighted by Crippen LogP contribution is 2.46. The number of rotatable bonds is 6. The summed E-state index contributed by atoms with van der Waals surface area (Å²) < 4.78 is 11.5. The molecule has 0 spiro atoms. The molecule has 0 aromatic heterocycles. The van der Waals surface area contributed by atoms with E-state index in [0.717, 1.165) is 38.8 Å². The molecular formula is C23H24O4. The number of fused-ring (bicyclic) bond motifs is 1. The molecule has 0 radical (unpaired) electrons. The van der Waals surface area contributed by atoms with E-state index in [1.807, 2.05) is 62.4 Å². The van der Waals surface area contributed by atoms with Crippen molar-refractivity contribution in [3.05, 3.63) is 70.8 Å². The number of hydrogen-bond acceptors (Lipinski definition) is 3. The van der Waals surface area contributed by atoms with Gasteiger partial charge in [0.2, 0.25) is 0 Å². The molecule has 27 heavy (non-hydrogen) atoms. The van der Waals surface area contributed by atoms with Crippen LogP contribution in [0.15, 0.2) is 48.5 Å². The summed E-state index contributed by atoms with van der Waals surface area (Å²) in [6.07, 6.45) is -0.0260. The van der Waals surface area contributed by atoms with Crippen LogP contribution in [-0.4, -0.2) is 25.3 Å². The number of methoxy groups -OCH3 is 2. The normalized spacial score (nSPS) is 12.0. The number of carbonyl (C=O) groups is 1. The number of aryl methyl sites for hydroxylation is 1. The van der Waals surface area contributed by atoms with Gasteiger partial charge in [-0.25, -0.2) is 0 Å². The quantitative estimate of drug-likeness (QED) is 0.663. The molecular weight excluding hydrogens is 340 g/mol. The zero-order valence-corrected chi connectivity index (χ0v) is 16.1. The molecule has 0 aliphatic heterocycles. The highest BCUT2D eigenvalue weighted by atomic mass is 16.5. The van der Waals surface area contributed by atoms with E-state index in [4.69, 9.17) is 9.47 Å². The average molecular weight is 364 g/mol. The number of hydrogen-bond donors (Lipinski definition) is 1. The summed E-state index contributed by atoms with van der Waals surface area (Å²) in [6, 6.07) is 15.9. The summed E-state index contributed by atoms with van der Waals surface area (Å²) in [5, 5.41) is 11.5. The van der Waals surface area contributed by atoms with Crippen LogP contribution in [0.4, 0.5) is 0 Å². The zero-order chi connectivity index (χ0) is 19.6. The maximum Gasteiger partial charge on any atom is 0.304 e. The Bertz CT molecular complexity index is 974. The summed E-state index contributed by atoms with van der Waals surface area (Å²) in [4.78, 5) is 11.7. The first-order valence-corrected chi connectivity index (χ1v) is 8.89. The second-order valence-corrected chi connectivity index (χ2v) is 6.71. The molecule has 4 nitrogen and oxygen atoms in total. The SMILES string of the molecule is COc1c(C)c([C@@H](CC(=O)O)c2ccc(C)cc2)c(OC)c2ccccc12. The smallest absolute Gasteiger partial charge is 0.304 e. The van der Waals surface area contributed by atoms with Gasteiger partial charge in [-0.05, 0) is 25.0 Å². The van der Waals surface area contributed by atoms with Crippen molar-refractivity contribution in [3.63, 3.8) is 0 Å². The van der Waals surface area contributed by atoms with Gasteiger partial charge in [0.15, 0.2) is 0 Å². The van der Waals surface area contributed by atoms with Gasteiger partial charge in [0, 0.05) is 22.3 Å². The first kappa shape index (κ1) is 18.8. The second kappa shape index (κ2) is 7.70. The largest absolute Gasteiger partial charge is 0.496 e. The van der Waals surface area contributed by atoms with Crippen LogP contribution < -0.4 is 9.47 Å². The van der Waals surface area contributed by atoms with Crippen LogP contribution in [-0.2, 0) is 4.79 Å². The molecule has 0 bridgehead atoms. The lowest BCUT2D eigenvalue weighted by Gasteiger charge is -2.25. The van der Waals surface area contributed by atoms with Gasteiger partial charge in [-0.15, -0.1) is 0 Å². The predicted octanol–water partition coefficient (Wildman–Crippen LogP) is 5.08. The van der Waals surface area contributed by atoms with E-state index in [9.17, 15) is 9.90 Å². The number of aliphatic carboxylic acids is 1. The van der Waals surface area contributed by atoms with Gasteiger partial charge in [-0.2, -0.15) is 0 Å². The van der Waals surface area contributed by atoms with Crippen molar-refractivity contribution in [2.45, 2.75) is 26.2 Å². The molecule has 0 unspecified atom stereocenters. The van der Waals surface area contributed by atoms with Gasteiger partial charge in [-0.1, -0.05) is 54.1 Å². The average Bonchev–Trinajstić information content (AvgIpc) is 2.66. The van der Waals surface area contributed by atoms with Crippen molar-refractivity contribution >= 4 is 16.7 Å². The maximum atomic E-state index is 11.7. The molecule has 0 amide bonds. The van der Waals surface area contributed by atoms with Crippen LogP contribution in [0.25, 0.3) is 10.8 Å². The molecule has 1 atom stereocenters. The fourth-order valence-corrected chi connectivity index (χ4v) is 3.78. The number of benzene rings is 3. The minimum atomic E-state index is -0.853. The van der Waals surface area contributed by atoms with Crippen LogP contribution in [0.3, 0.4) is 0 Å². The monoisotopic (exact) mass is 364 g/mol. The lowest BCUT2D eigenvalue weighted by atomic mass is 9.83. The topological polar surface area (TPSA) is 55.8 Å². The number of carboxylic acid groups (broad SMARTS) is 1. The fraction of sp³-hybridized carbons (Fsp3) is 0.261. The molecule has 1 N–H and O–H groups in total. The summed E-state index contributed by atoms with van der Waals surface area (Å²) >= 11 is 0. The van der Waals surface area contributed by atoms with Gasteiger partial charge in [0.05, 0.1) is 20.6 Å². The van der Waals surface area contributed by atoms with Crippen molar-refractivity contribution in [2.75, 3.05) is 14.2 Å². The van der Waals surface area contributed by atoms with E-state index in [1.54, 1.807) is 14.2 Å². The van der Waals surface area contributed by atoms with Crippen LogP contribution in [0.1, 0.15) is 34.6 Å². The highest BCUT2D eigenvalue weighted by Gasteiger charge is 2.27. The minimum absolute atomic E-state index is 0.0260. The van der Waals surface area contributed by atoms with Crippen molar-refractivity contribution in [2.24, 2.45) is 0 Å². The van der Waals surface area contributed by atoms with E-state index in [0.29, 0.717) is 5.75 Å². The third kappa shape index (κ3) is 3.47. The number of carboxylic acids is 1. The van der Waals surface area contributed by atoms with Crippen molar-refractivity contribution in [1.29, 1.82) is 0 Å². The fourth-order valence-electron chi connectivity index (χ4n) is 3.78. The Morgan fingerprint density at radius 3 is 2.00 bits per heavy atom. The van der Waals surface area contributed by atoms with Crippen molar-refractivity contribution < 1.29 is 19.4 Å². The molecule has 3 aromatic carbocycles. The van der Waals surface area contributed by atoms with Crippen molar-refractivity contribution in [1.82, 2.24) is 0 Å². The van der Waals surface area contributed by atoms with E-state index in [-0.39, 0.29) is 12.3 Å². The lowest BCUT2D eigenvalue weighted by Crippen LogP contribution is -2.12. The Morgan fingerprint density at radius 1 is 0.926 bits per heavy atom. The summed E-state index contributed by atoms with van der Waals surface area (Å²) in [5.74, 6) is 0.269. The van der Waals surface area contributed by atoms with Gasteiger partial charge in [0.1, 0.15) is 11.5 Å². The van der Waals surface area contributed by atoms with Crippen LogP contribution in [0.2, 0.25) is 0 Å². The Labute approximate surface area is 159 Å². The maximum absolute atomic E-state index is 11.7. The molecule has 0 saturated carbocycles. The van der Waals surface area contributed by atoms with E-state index in [1.165, 1.54) is 0 Å². The summed E-state index contributed by atoms with van der Waals surface area (Å²) in [7, 11) is 3.27. The Morgan fingerprint density at radius 2 is 1.48 bits per heavy atom. The highest BCUT2D eigenvalue weighted by molar-refractivity contribution is 5.96. The number of ether oxygens (including phenoxy) is 2. The third-order valence-corrected chi connectivity index (χ3v) is 5.02. The van der Waals surface area contributed by atoms with Crippen LogP contribution >= 0.6 is 0 Å². The van der Waals surface area contributed by atoms with Gasteiger partial charge >= 0.3 is 5.97 Å². The lowest BCUT2D eigenvalue weighted by molar-refractivity contribution is -0.137. The minimum Gasteiger partial charge on any atom is -0.496 e. The first-order valence-electron chi connectivity index (χ1n) is 8.89. The molecule has 0 fully saturated rings. The molecule has 4 heteroatoms. The van der Waals surface area contributed by atoms with E-state index in [2.05, 4.69) is 0 Å². The van der Waals surface area contributed by atoms with Crippen LogP contribution in [0.5, 0.6) is 11.5 Å². The molecule has 3 aromatic rings. The third-order valence-electron chi connectivity index (χ3n) is 5.02. The van der Waals surface area contributed by atoms with E-state index >= 15 is 0 Å². The molecule has 0 aliphatic rings. The van der Waals surface area contributed by atoms with Gasteiger partial charge in [0.25, 0.3) is 0 Å². The predicted molar refractivity (Wildman–Crippen MR) is 107 cm³/mol. The molecule has 0 saturated heterocycles. The molecule has 0 heterocycles. The molecule has 0 aliphatic carbocycles. The zero-order valence-electron chi connectivity index (χ0n) is 16.1. The molecule has 3 rings (SSSR count). The Kier molecular flexibility index (Phi) is 5.36. The van der Waals surface area contributed by atoms with Gasteiger partial charge < -0.3 is 14.6 Å². The Hall–Kier alpha value is -3.01. The Balaban J connectivity index is 2.35. The van der Waals surface area contributed by atoms with Crippen LogP contribution in [0, 0.1) is 13.8 Å². The van der Waals surface area contributed by atoms with Gasteiger partial charge in [-0.3, -0.25) is 4.79 Å². The molecule has 140 valence electrons. The summed E-state index contributed by atoms with van der Waals surface area (Å²) in [6.45, 7) is 3.98. The van der Waals surface area contributed by atoms with Crippen molar-refractivity contribution in [3.8, 4) is 11.5 Å². The first-order chi connectivity index (χ1) is 13.0. The second-order valence-electron chi connectivity index (χ2n) is 6.71. The summed E-state index contributed by atoms with van der Waals surface area (Å²) in [5.41, 5.74) is 3.84. The van der Waals surface area contributed by atoms with E-state index < -0.39 is 5.97 Å².